The number of primary amides is 1. The van der Waals surface area contributed by atoms with Gasteiger partial charge in [-0.25, -0.2) is 14.2 Å². The van der Waals surface area contributed by atoms with Gasteiger partial charge in [0.15, 0.2) is 0 Å². The summed E-state index contributed by atoms with van der Waals surface area (Å²) in [6.45, 7) is 0.626. The van der Waals surface area contributed by atoms with Crippen LogP contribution in [0, 0.1) is 5.92 Å². The van der Waals surface area contributed by atoms with Crippen LogP contribution in [0.3, 0.4) is 0 Å². The van der Waals surface area contributed by atoms with Crippen molar-refractivity contribution in [3.8, 4) is 0 Å². The van der Waals surface area contributed by atoms with E-state index in [0.29, 0.717) is 30.8 Å². The third-order valence-electron chi connectivity index (χ3n) is 6.73. The van der Waals surface area contributed by atoms with Gasteiger partial charge in [-0.1, -0.05) is 50.7 Å². The van der Waals surface area contributed by atoms with Crippen LogP contribution >= 0.6 is 0 Å². The topological polar surface area (TPSA) is 99.1 Å². The summed E-state index contributed by atoms with van der Waals surface area (Å²) in [5, 5.41) is 2.83. The van der Waals surface area contributed by atoms with Crippen molar-refractivity contribution >= 4 is 23.0 Å². The quantitative estimate of drug-likeness (QED) is 0.827. The molecule has 7 heteroatoms. The fourth-order valence-electron chi connectivity index (χ4n) is 5.06. The van der Waals surface area contributed by atoms with Crippen molar-refractivity contribution in [2.45, 2.75) is 76.3 Å². The summed E-state index contributed by atoms with van der Waals surface area (Å²) in [4.78, 5) is 38.6. The van der Waals surface area contributed by atoms with Gasteiger partial charge in [0.25, 0.3) is 0 Å². The van der Waals surface area contributed by atoms with Crippen molar-refractivity contribution in [1.82, 2.24) is 14.5 Å². The number of hydrogen-bond acceptors (Lipinski definition) is 3. The summed E-state index contributed by atoms with van der Waals surface area (Å²) in [6, 6.07) is 6.81. The second-order valence-electron chi connectivity index (χ2n) is 8.66. The summed E-state index contributed by atoms with van der Waals surface area (Å²) in [5.41, 5.74) is 5.58. The van der Waals surface area contributed by atoms with Gasteiger partial charge in [0, 0.05) is 6.54 Å². The van der Waals surface area contributed by atoms with E-state index in [2.05, 4.69) is 5.32 Å². The number of nitrogens with two attached hydrogens (primary N) is 1. The minimum absolute atomic E-state index is 0.343. The lowest BCUT2D eigenvalue weighted by atomic mass is 9.81. The monoisotopic (exact) mass is 398 g/mol. The molecule has 2 saturated carbocycles. The Kier molecular flexibility index (Phi) is 5.48. The molecule has 3 N–H and O–H groups in total. The highest BCUT2D eigenvalue weighted by atomic mass is 16.2. The highest BCUT2D eigenvalue weighted by Gasteiger charge is 2.40. The average molecular weight is 399 g/mol. The molecule has 0 radical (unpaired) electrons. The van der Waals surface area contributed by atoms with E-state index in [9.17, 15) is 14.4 Å². The van der Waals surface area contributed by atoms with Crippen LogP contribution in [0.15, 0.2) is 29.1 Å². The Morgan fingerprint density at radius 2 is 1.62 bits per heavy atom. The lowest BCUT2D eigenvalue weighted by Crippen LogP contribution is -2.60. The number of hydrogen-bond donors (Lipinski definition) is 2. The molecule has 2 aliphatic rings. The Balaban J connectivity index is 1.69. The van der Waals surface area contributed by atoms with E-state index in [1.807, 2.05) is 18.2 Å². The number of benzene rings is 1. The highest BCUT2D eigenvalue weighted by Crippen LogP contribution is 2.29. The molecule has 0 aliphatic heterocycles. The Morgan fingerprint density at radius 1 is 1.00 bits per heavy atom. The lowest BCUT2D eigenvalue weighted by molar-refractivity contribution is -0.125. The van der Waals surface area contributed by atoms with Gasteiger partial charge in [-0.15, -0.1) is 0 Å². The van der Waals surface area contributed by atoms with Gasteiger partial charge >= 0.3 is 11.7 Å². The first-order chi connectivity index (χ1) is 14.0. The number of carbonyl (C=O) groups excluding carboxylic acids is 2. The Bertz CT molecular complexity index is 962. The third kappa shape index (κ3) is 3.70. The summed E-state index contributed by atoms with van der Waals surface area (Å²) >= 11 is 0. The Morgan fingerprint density at radius 3 is 2.28 bits per heavy atom. The third-order valence-corrected chi connectivity index (χ3v) is 6.73. The number of fused-ring (bicyclic) bond motifs is 1. The largest absolute Gasteiger partial charge is 0.368 e. The number of para-hydroxylation sites is 2. The first-order valence-electron chi connectivity index (χ1n) is 10.8. The van der Waals surface area contributed by atoms with Gasteiger partial charge in [0.1, 0.15) is 5.54 Å². The highest BCUT2D eigenvalue weighted by molar-refractivity contribution is 5.94. The van der Waals surface area contributed by atoms with Gasteiger partial charge in [-0.05, 0) is 43.7 Å². The number of imidazole rings is 1. The summed E-state index contributed by atoms with van der Waals surface area (Å²) in [5.74, 6) is -0.0661. The second kappa shape index (κ2) is 8.05. The minimum Gasteiger partial charge on any atom is -0.368 e. The van der Waals surface area contributed by atoms with Gasteiger partial charge < -0.3 is 11.1 Å². The fourth-order valence-corrected chi connectivity index (χ4v) is 5.06. The van der Waals surface area contributed by atoms with Crippen LogP contribution in [-0.4, -0.2) is 26.6 Å². The molecule has 2 aliphatic carbocycles. The molecule has 29 heavy (non-hydrogen) atoms. The van der Waals surface area contributed by atoms with E-state index in [1.165, 1.54) is 23.8 Å². The zero-order valence-corrected chi connectivity index (χ0v) is 16.9. The van der Waals surface area contributed by atoms with Crippen LogP contribution in [-0.2, 0) is 11.3 Å². The second-order valence-corrected chi connectivity index (χ2v) is 8.66. The van der Waals surface area contributed by atoms with Crippen LogP contribution in [0.4, 0.5) is 4.79 Å². The van der Waals surface area contributed by atoms with Gasteiger partial charge in [-0.3, -0.25) is 9.36 Å². The number of amides is 2. The molecule has 156 valence electrons. The Labute approximate surface area is 170 Å². The van der Waals surface area contributed by atoms with E-state index in [-0.39, 0.29) is 5.69 Å². The molecule has 7 nitrogen and oxygen atoms in total. The van der Waals surface area contributed by atoms with Crippen LogP contribution in [0.1, 0.15) is 64.2 Å². The van der Waals surface area contributed by atoms with Crippen molar-refractivity contribution < 1.29 is 9.59 Å². The van der Waals surface area contributed by atoms with Crippen molar-refractivity contribution in [2.75, 3.05) is 0 Å². The molecule has 1 heterocycles. The van der Waals surface area contributed by atoms with Gasteiger partial charge in [-0.2, -0.15) is 0 Å². The van der Waals surface area contributed by atoms with Gasteiger partial charge in [0.2, 0.25) is 5.91 Å². The molecule has 2 amide bonds. The molecule has 0 atom stereocenters. The molecule has 0 bridgehead atoms. The number of nitrogens with zero attached hydrogens (tertiary/aromatic N) is 2. The number of nitrogens with one attached hydrogen (secondary N) is 1. The minimum atomic E-state index is -1.07. The van der Waals surface area contributed by atoms with Crippen LogP contribution in [0.5, 0.6) is 0 Å². The van der Waals surface area contributed by atoms with E-state index < -0.39 is 17.5 Å². The molecule has 1 aromatic carbocycles. The normalized spacial score (nSPS) is 19.9. The predicted octanol–water partition coefficient (Wildman–Crippen LogP) is 3.13. The molecule has 4 rings (SSSR count). The van der Waals surface area contributed by atoms with Crippen LogP contribution in [0.2, 0.25) is 0 Å². The first kappa shape index (κ1) is 19.7. The van der Waals surface area contributed by atoms with Crippen molar-refractivity contribution in [3.05, 3.63) is 34.7 Å². The number of aromatic nitrogens is 2. The first-order valence-corrected chi connectivity index (χ1v) is 10.8. The van der Waals surface area contributed by atoms with Gasteiger partial charge in [0.05, 0.1) is 11.0 Å². The summed E-state index contributed by atoms with van der Waals surface area (Å²) in [7, 11) is 0. The maximum atomic E-state index is 13.3. The van der Waals surface area contributed by atoms with Crippen molar-refractivity contribution in [2.24, 2.45) is 11.7 Å². The predicted molar refractivity (Wildman–Crippen MR) is 112 cm³/mol. The Hall–Kier alpha value is -2.57. The van der Waals surface area contributed by atoms with Crippen molar-refractivity contribution in [1.29, 1.82) is 0 Å². The standard InChI is InChI=1S/C22H30N4O3/c23-19(27)22(13-7-2-8-14-22)24-20(28)26-18-12-6-5-11-17(18)25(21(26)29)15-16-9-3-1-4-10-16/h5-6,11-12,16H,1-4,7-10,13-15H2,(H2,23,27)(H,24,28). The molecule has 2 fully saturated rings. The van der Waals surface area contributed by atoms with Crippen LogP contribution < -0.4 is 16.7 Å². The molecule has 2 aromatic rings. The number of rotatable bonds is 4. The van der Waals surface area contributed by atoms with E-state index in [4.69, 9.17) is 5.73 Å². The molecule has 0 spiro atoms. The molecule has 1 aromatic heterocycles. The maximum absolute atomic E-state index is 13.3. The van der Waals surface area contributed by atoms with Crippen molar-refractivity contribution in [3.63, 3.8) is 0 Å². The SMILES string of the molecule is NC(=O)C1(NC(=O)n2c(=O)n(CC3CCCCC3)c3ccccc32)CCCCC1. The molecular formula is C22H30N4O3. The van der Waals surface area contributed by atoms with E-state index >= 15 is 0 Å². The summed E-state index contributed by atoms with van der Waals surface area (Å²) in [6.07, 6.45) is 9.59. The average Bonchev–Trinajstić information content (AvgIpc) is 3.01. The maximum Gasteiger partial charge on any atom is 0.337 e. The van der Waals surface area contributed by atoms with E-state index in [1.54, 1.807) is 10.6 Å². The zero-order chi connectivity index (χ0) is 20.4. The van der Waals surface area contributed by atoms with Crippen LogP contribution in [0.25, 0.3) is 11.0 Å². The smallest absolute Gasteiger partial charge is 0.337 e. The molecule has 0 unspecified atom stereocenters. The van der Waals surface area contributed by atoms with E-state index in [0.717, 1.165) is 37.6 Å². The molecular weight excluding hydrogens is 368 g/mol. The number of carbonyl (C=O) groups is 2. The lowest BCUT2D eigenvalue weighted by Gasteiger charge is -2.34. The molecule has 0 saturated heterocycles. The zero-order valence-electron chi connectivity index (χ0n) is 16.9. The fraction of sp³-hybridized carbons (Fsp3) is 0.591. The summed E-state index contributed by atoms with van der Waals surface area (Å²) < 4.78 is 2.90.